The normalized spacial score (nSPS) is 17.5. The van der Waals surface area contributed by atoms with Gasteiger partial charge >= 0.3 is 5.97 Å². The van der Waals surface area contributed by atoms with E-state index in [1.54, 1.807) is 16.7 Å². The molecular formula is C21H20FNO4S. The maximum Gasteiger partial charge on any atom is 0.312 e. The number of anilines is 1. The highest BCUT2D eigenvalue weighted by molar-refractivity contribution is 7.98. The molecule has 5 nitrogen and oxygen atoms in total. The first-order valence-corrected chi connectivity index (χ1v) is 10.1. The summed E-state index contributed by atoms with van der Waals surface area (Å²) < 4.78 is 18.3. The monoisotopic (exact) mass is 401 g/mol. The van der Waals surface area contributed by atoms with Crippen molar-refractivity contribution in [2.75, 3.05) is 17.7 Å². The van der Waals surface area contributed by atoms with Crippen molar-refractivity contribution in [1.29, 1.82) is 0 Å². The van der Waals surface area contributed by atoms with Crippen LogP contribution >= 0.6 is 11.8 Å². The third-order valence-electron chi connectivity index (χ3n) is 4.61. The quantitative estimate of drug-likeness (QED) is 0.419. The van der Waals surface area contributed by atoms with Crippen LogP contribution in [0.2, 0.25) is 0 Å². The summed E-state index contributed by atoms with van der Waals surface area (Å²) in [4.78, 5) is 39.8. The molecule has 0 spiro atoms. The molecule has 0 aliphatic carbocycles. The van der Waals surface area contributed by atoms with Gasteiger partial charge in [0.05, 0.1) is 5.92 Å². The molecule has 0 N–H and O–H groups in total. The standard InChI is InChI=1S/C21H20FNO4S/c1-13(20(25)14-6-8-16(22)9-7-14)27-21(26)15-10-19(24)23(12-15)17-4-3-5-18(11-17)28-2/h3-9,11,13,15H,10,12H2,1-2H3/t13-,15-/m1/s1. The molecule has 1 fully saturated rings. The number of Topliss-reactive ketones (excluding diaryl/α,β-unsaturated/α-hetero) is 1. The maximum atomic E-state index is 13.0. The fourth-order valence-electron chi connectivity index (χ4n) is 3.07. The summed E-state index contributed by atoms with van der Waals surface area (Å²) in [5, 5.41) is 0. The molecular weight excluding hydrogens is 381 g/mol. The summed E-state index contributed by atoms with van der Waals surface area (Å²) in [6, 6.07) is 12.6. The Morgan fingerprint density at radius 1 is 1.21 bits per heavy atom. The van der Waals surface area contributed by atoms with Gasteiger partial charge < -0.3 is 9.64 Å². The van der Waals surface area contributed by atoms with Gasteiger partial charge in [-0.15, -0.1) is 11.8 Å². The maximum absolute atomic E-state index is 13.0. The molecule has 1 saturated heterocycles. The summed E-state index contributed by atoms with van der Waals surface area (Å²) in [7, 11) is 0. The van der Waals surface area contributed by atoms with Crippen molar-refractivity contribution in [3.8, 4) is 0 Å². The summed E-state index contributed by atoms with van der Waals surface area (Å²) in [5.41, 5.74) is 1.00. The van der Waals surface area contributed by atoms with Crippen molar-refractivity contribution in [2.24, 2.45) is 5.92 Å². The number of halogens is 1. The van der Waals surface area contributed by atoms with Crippen LogP contribution in [0.4, 0.5) is 10.1 Å². The van der Waals surface area contributed by atoms with Crippen molar-refractivity contribution in [1.82, 2.24) is 0 Å². The first kappa shape index (κ1) is 20.1. The van der Waals surface area contributed by atoms with E-state index >= 15 is 0 Å². The number of nitrogens with zero attached hydrogens (tertiary/aromatic N) is 1. The predicted octanol–water partition coefficient (Wildman–Crippen LogP) is 3.72. The van der Waals surface area contributed by atoms with Gasteiger partial charge in [0.1, 0.15) is 5.82 Å². The van der Waals surface area contributed by atoms with Crippen LogP contribution in [-0.4, -0.2) is 36.6 Å². The second kappa shape index (κ2) is 8.56. The third-order valence-corrected chi connectivity index (χ3v) is 5.34. The zero-order chi connectivity index (χ0) is 20.3. The Hall–Kier alpha value is -2.67. The van der Waals surface area contributed by atoms with Gasteiger partial charge in [0.15, 0.2) is 6.10 Å². The lowest BCUT2D eigenvalue weighted by molar-refractivity contribution is -0.151. The number of amides is 1. The first-order chi connectivity index (χ1) is 13.4. The number of carbonyl (C=O) groups is 3. The lowest BCUT2D eigenvalue weighted by Crippen LogP contribution is -2.30. The summed E-state index contributed by atoms with van der Waals surface area (Å²) in [6.45, 7) is 1.69. The van der Waals surface area contributed by atoms with Crippen molar-refractivity contribution in [2.45, 2.75) is 24.3 Å². The van der Waals surface area contributed by atoms with Gasteiger partial charge in [-0.05, 0) is 55.6 Å². The molecule has 7 heteroatoms. The number of esters is 1. The average molecular weight is 401 g/mol. The van der Waals surface area contributed by atoms with Crippen molar-refractivity contribution < 1.29 is 23.5 Å². The molecule has 1 amide bonds. The highest BCUT2D eigenvalue weighted by atomic mass is 32.2. The highest BCUT2D eigenvalue weighted by Gasteiger charge is 2.37. The lowest BCUT2D eigenvalue weighted by Gasteiger charge is -2.18. The topological polar surface area (TPSA) is 63.7 Å². The minimum absolute atomic E-state index is 0.0415. The summed E-state index contributed by atoms with van der Waals surface area (Å²) in [6.07, 6.45) is 0.978. The van der Waals surface area contributed by atoms with E-state index in [9.17, 15) is 18.8 Å². The van der Waals surface area contributed by atoms with Gasteiger partial charge in [-0.1, -0.05) is 6.07 Å². The number of ether oxygens (including phenoxy) is 1. The zero-order valence-electron chi connectivity index (χ0n) is 15.6. The SMILES string of the molecule is CSc1cccc(N2C[C@H](C(=O)O[C@H](C)C(=O)c3ccc(F)cc3)CC2=O)c1. The average Bonchev–Trinajstić information content (AvgIpc) is 3.10. The van der Waals surface area contributed by atoms with E-state index in [0.29, 0.717) is 0 Å². The molecule has 2 atom stereocenters. The minimum Gasteiger partial charge on any atom is -0.454 e. The number of thioether (sulfide) groups is 1. The molecule has 28 heavy (non-hydrogen) atoms. The van der Waals surface area contributed by atoms with E-state index in [2.05, 4.69) is 0 Å². The van der Waals surface area contributed by atoms with Crippen LogP contribution in [0.3, 0.4) is 0 Å². The largest absolute Gasteiger partial charge is 0.454 e. The number of ketones is 1. The van der Waals surface area contributed by atoms with E-state index < -0.39 is 29.6 Å². The van der Waals surface area contributed by atoms with Gasteiger partial charge in [0.25, 0.3) is 0 Å². The van der Waals surface area contributed by atoms with Gasteiger partial charge in [0.2, 0.25) is 11.7 Å². The third kappa shape index (κ3) is 4.42. The van der Waals surface area contributed by atoms with Crippen LogP contribution in [0.15, 0.2) is 53.4 Å². The van der Waals surface area contributed by atoms with E-state index in [-0.39, 0.29) is 24.4 Å². The fourth-order valence-corrected chi connectivity index (χ4v) is 3.52. The Labute approximate surface area is 166 Å². The van der Waals surface area contributed by atoms with Gasteiger partial charge in [-0.25, -0.2) is 4.39 Å². The first-order valence-electron chi connectivity index (χ1n) is 8.83. The molecule has 0 saturated carbocycles. The second-order valence-electron chi connectivity index (χ2n) is 6.56. The van der Waals surface area contributed by atoms with Crippen LogP contribution in [0, 0.1) is 11.7 Å². The number of hydrogen-bond acceptors (Lipinski definition) is 5. The van der Waals surface area contributed by atoms with Crippen molar-refractivity contribution in [3.05, 3.63) is 59.9 Å². The van der Waals surface area contributed by atoms with Crippen molar-refractivity contribution in [3.63, 3.8) is 0 Å². The molecule has 0 bridgehead atoms. The Morgan fingerprint density at radius 2 is 1.93 bits per heavy atom. The molecule has 2 aromatic carbocycles. The molecule has 1 aliphatic heterocycles. The fraction of sp³-hybridized carbons (Fsp3) is 0.286. The van der Waals surface area contributed by atoms with Crippen LogP contribution < -0.4 is 4.90 Å². The van der Waals surface area contributed by atoms with Gasteiger partial charge in [0, 0.05) is 29.1 Å². The smallest absolute Gasteiger partial charge is 0.312 e. The molecule has 0 radical (unpaired) electrons. The van der Waals surface area contributed by atoms with Crippen LogP contribution in [-0.2, 0) is 14.3 Å². The Bertz CT molecular complexity index is 900. The number of carbonyl (C=O) groups excluding carboxylic acids is 3. The van der Waals surface area contributed by atoms with E-state index in [1.165, 1.54) is 31.2 Å². The zero-order valence-corrected chi connectivity index (χ0v) is 16.4. The Morgan fingerprint density at radius 3 is 2.61 bits per heavy atom. The van der Waals surface area contributed by atoms with Gasteiger partial charge in [-0.2, -0.15) is 0 Å². The molecule has 1 aliphatic rings. The number of benzene rings is 2. The molecule has 2 aromatic rings. The highest BCUT2D eigenvalue weighted by Crippen LogP contribution is 2.29. The van der Waals surface area contributed by atoms with E-state index in [1.807, 2.05) is 30.5 Å². The van der Waals surface area contributed by atoms with Crippen molar-refractivity contribution >= 4 is 35.1 Å². The Kier molecular flexibility index (Phi) is 6.14. The predicted molar refractivity (Wildman–Crippen MR) is 105 cm³/mol. The van der Waals surface area contributed by atoms with Crippen LogP contribution in [0.25, 0.3) is 0 Å². The van der Waals surface area contributed by atoms with E-state index in [4.69, 9.17) is 4.74 Å². The van der Waals surface area contributed by atoms with Crippen LogP contribution in [0.1, 0.15) is 23.7 Å². The van der Waals surface area contributed by atoms with Gasteiger partial charge in [-0.3, -0.25) is 14.4 Å². The molecule has 1 heterocycles. The molecule has 0 unspecified atom stereocenters. The molecule has 146 valence electrons. The molecule has 3 rings (SSSR count). The van der Waals surface area contributed by atoms with E-state index in [0.717, 1.165) is 10.6 Å². The lowest BCUT2D eigenvalue weighted by atomic mass is 10.1. The minimum atomic E-state index is -1.01. The number of rotatable bonds is 6. The summed E-state index contributed by atoms with van der Waals surface area (Å²) >= 11 is 1.57. The Balaban J connectivity index is 1.64. The molecule has 0 aromatic heterocycles. The number of hydrogen-bond donors (Lipinski definition) is 0. The summed E-state index contributed by atoms with van der Waals surface area (Å²) in [5.74, 6) is -2.23. The second-order valence-corrected chi connectivity index (χ2v) is 7.44. The van der Waals surface area contributed by atoms with Crippen LogP contribution in [0.5, 0.6) is 0 Å².